The van der Waals surface area contributed by atoms with Crippen LogP contribution in [-0.2, 0) is 4.79 Å². The molecule has 104 valence electrons. The number of hydrogen-bond donors (Lipinski definition) is 3. The van der Waals surface area contributed by atoms with Crippen LogP contribution < -0.4 is 5.32 Å². The molecule has 1 aliphatic rings. The quantitative estimate of drug-likeness (QED) is 0.674. The standard InChI is InChI=1S/C11H20N2O4S/c1-7(18-2)3-4-12-11(17)13-6-8(14)5-9(13)10(15)16/h7-9,14H,3-6H2,1-2H3,(H,12,17)(H,15,16)/t7?,8-,9+/m1/s1. The van der Waals surface area contributed by atoms with Crippen molar-refractivity contribution in [3.63, 3.8) is 0 Å². The van der Waals surface area contributed by atoms with E-state index < -0.39 is 24.1 Å². The lowest BCUT2D eigenvalue weighted by molar-refractivity contribution is -0.141. The van der Waals surface area contributed by atoms with E-state index in [1.54, 1.807) is 11.8 Å². The van der Waals surface area contributed by atoms with Gasteiger partial charge in [-0.1, -0.05) is 6.92 Å². The SMILES string of the molecule is CSC(C)CCNC(=O)N1C[C@H](O)C[C@H]1C(=O)O. The van der Waals surface area contributed by atoms with Gasteiger partial charge in [0.2, 0.25) is 0 Å². The van der Waals surface area contributed by atoms with Gasteiger partial charge in [-0.3, -0.25) is 0 Å². The third-order valence-electron chi connectivity index (χ3n) is 3.05. The molecule has 6 nitrogen and oxygen atoms in total. The van der Waals surface area contributed by atoms with Gasteiger partial charge in [0.05, 0.1) is 6.10 Å². The maximum Gasteiger partial charge on any atom is 0.326 e. The first-order valence-corrected chi connectivity index (χ1v) is 7.22. The minimum Gasteiger partial charge on any atom is -0.480 e. The normalized spacial score (nSPS) is 24.9. The smallest absolute Gasteiger partial charge is 0.326 e. The maximum atomic E-state index is 11.8. The summed E-state index contributed by atoms with van der Waals surface area (Å²) in [6, 6.07) is -1.33. The van der Waals surface area contributed by atoms with Crippen LogP contribution in [0, 0.1) is 0 Å². The highest BCUT2D eigenvalue weighted by atomic mass is 32.2. The number of urea groups is 1. The molecule has 0 aromatic rings. The predicted molar refractivity (Wildman–Crippen MR) is 69.7 cm³/mol. The molecule has 0 aliphatic carbocycles. The van der Waals surface area contributed by atoms with Crippen molar-refractivity contribution in [2.75, 3.05) is 19.3 Å². The summed E-state index contributed by atoms with van der Waals surface area (Å²) >= 11 is 1.72. The first-order valence-electron chi connectivity index (χ1n) is 5.93. The number of thioether (sulfide) groups is 1. The van der Waals surface area contributed by atoms with E-state index in [-0.39, 0.29) is 13.0 Å². The van der Waals surface area contributed by atoms with Crippen molar-refractivity contribution in [3.8, 4) is 0 Å². The van der Waals surface area contributed by atoms with Crippen LogP contribution in [0.4, 0.5) is 4.79 Å². The Hall–Kier alpha value is -0.950. The molecule has 1 saturated heterocycles. The average Bonchev–Trinajstić information content (AvgIpc) is 2.71. The molecular formula is C11H20N2O4S. The molecule has 18 heavy (non-hydrogen) atoms. The fourth-order valence-electron chi connectivity index (χ4n) is 1.87. The molecule has 7 heteroatoms. The maximum absolute atomic E-state index is 11.8. The number of aliphatic hydroxyl groups excluding tert-OH is 1. The van der Waals surface area contributed by atoms with E-state index in [4.69, 9.17) is 5.11 Å². The van der Waals surface area contributed by atoms with Gasteiger partial charge in [-0.2, -0.15) is 11.8 Å². The molecule has 0 aromatic carbocycles. The van der Waals surface area contributed by atoms with E-state index in [0.717, 1.165) is 6.42 Å². The molecule has 1 aliphatic heterocycles. The van der Waals surface area contributed by atoms with Crippen LogP contribution in [0.3, 0.4) is 0 Å². The van der Waals surface area contributed by atoms with Crippen LogP contribution in [0.25, 0.3) is 0 Å². The van der Waals surface area contributed by atoms with E-state index >= 15 is 0 Å². The molecule has 1 fully saturated rings. The Labute approximate surface area is 111 Å². The Balaban J connectivity index is 2.43. The Bertz CT molecular complexity index is 313. The Morgan fingerprint density at radius 2 is 2.22 bits per heavy atom. The number of nitrogens with zero attached hydrogens (tertiary/aromatic N) is 1. The monoisotopic (exact) mass is 276 g/mol. The second-order valence-corrected chi connectivity index (χ2v) is 5.74. The molecule has 1 heterocycles. The Morgan fingerprint density at radius 3 is 2.78 bits per heavy atom. The largest absolute Gasteiger partial charge is 0.480 e. The van der Waals surface area contributed by atoms with Crippen LogP contribution in [0.15, 0.2) is 0 Å². The van der Waals surface area contributed by atoms with Crippen molar-refractivity contribution in [2.24, 2.45) is 0 Å². The number of carboxylic acids is 1. The molecule has 1 rings (SSSR count). The van der Waals surface area contributed by atoms with Gasteiger partial charge in [-0.05, 0) is 12.7 Å². The van der Waals surface area contributed by atoms with Crippen LogP contribution in [-0.4, -0.2) is 63.9 Å². The number of carboxylic acid groups (broad SMARTS) is 1. The van der Waals surface area contributed by atoms with Crippen molar-refractivity contribution >= 4 is 23.8 Å². The topological polar surface area (TPSA) is 89.9 Å². The second-order valence-electron chi connectivity index (χ2n) is 4.46. The van der Waals surface area contributed by atoms with Crippen molar-refractivity contribution in [1.82, 2.24) is 10.2 Å². The van der Waals surface area contributed by atoms with Crippen molar-refractivity contribution < 1.29 is 19.8 Å². The van der Waals surface area contributed by atoms with Crippen molar-refractivity contribution in [3.05, 3.63) is 0 Å². The lowest BCUT2D eigenvalue weighted by Crippen LogP contribution is -2.46. The first-order chi connectivity index (χ1) is 8.45. The number of carbonyl (C=O) groups excluding carboxylic acids is 1. The van der Waals surface area contributed by atoms with Gasteiger partial charge in [0.25, 0.3) is 0 Å². The number of β-amino-alcohol motifs (C(OH)–C–C–N with tert-alkyl or cyclic N) is 1. The predicted octanol–water partition coefficient (Wildman–Crippen LogP) is 0.357. The van der Waals surface area contributed by atoms with Crippen molar-refractivity contribution in [1.29, 1.82) is 0 Å². The summed E-state index contributed by atoms with van der Waals surface area (Å²) in [5.74, 6) is -1.07. The third kappa shape index (κ3) is 4.06. The van der Waals surface area contributed by atoms with E-state index in [9.17, 15) is 14.7 Å². The number of hydrogen-bond acceptors (Lipinski definition) is 4. The molecule has 1 unspecified atom stereocenters. The van der Waals surface area contributed by atoms with Gasteiger partial charge < -0.3 is 20.4 Å². The van der Waals surface area contributed by atoms with Crippen LogP contribution in [0.2, 0.25) is 0 Å². The Kier molecular flexibility index (Phi) is 5.74. The zero-order chi connectivity index (χ0) is 13.7. The fraction of sp³-hybridized carbons (Fsp3) is 0.818. The highest BCUT2D eigenvalue weighted by Gasteiger charge is 2.38. The summed E-state index contributed by atoms with van der Waals surface area (Å²) in [6.45, 7) is 2.66. The second kappa shape index (κ2) is 6.84. The molecule has 0 bridgehead atoms. The molecule has 0 spiro atoms. The van der Waals surface area contributed by atoms with Gasteiger partial charge in [-0.15, -0.1) is 0 Å². The zero-order valence-electron chi connectivity index (χ0n) is 10.6. The molecular weight excluding hydrogens is 256 g/mol. The van der Waals surface area contributed by atoms with E-state index in [2.05, 4.69) is 12.2 Å². The van der Waals surface area contributed by atoms with Crippen LogP contribution >= 0.6 is 11.8 Å². The van der Waals surface area contributed by atoms with Gasteiger partial charge >= 0.3 is 12.0 Å². The summed E-state index contributed by atoms with van der Waals surface area (Å²) in [5, 5.41) is 21.5. The summed E-state index contributed by atoms with van der Waals surface area (Å²) in [7, 11) is 0. The van der Waals surface area contributed by atoms with Gasteiger partial charge in [0.15, 0.2) is 0 Å². The van der Waals surface area contributed by atoms with Crippen LogP contribution in [0.5, 0.6) is 0 Å². The van der Waals surface area contributed by atoms with Gasteiger partial charge in [0.1, 0.15) is 6.04 Å². The molecule has 3 N–H and O–H groups in total. The number of rotatable bonds is 5. The molecule has 0 aromatic heterocycles. The average molecular weight is 276 g/mol. The minimum atomic E-state index is -1.07. The Morgan fingerprint density at radius 1 is 1.56 bits per heavy atom. The number of nitrogens with one attached hydrogen (secondary N) is 1. The number of likely N-dealkylation sites (tertiary alicyclic amines) is 1. The summed E-state index contributed by atoms with van der Waals surface area (Å²) in [5.41, 5.74) is 0. The zero-order valence-corrected chi connectivity index (χ0v) is 11.4. The van der Waals surface area contributed by atoms with Crippen LogP contribution in [0.1, 0.15) is 19.8 Å². The third-order valence-corrected chi connectivity index (χ3v) is 4.09. The summed E-state index contributed by atoms with van der Waals surface area (Å²) < 4.78 is 0. The minimum absolute atomic E-state index is 0.0842. The first kappa shape index (κ1) is 15.1. The van der Waals surface area contributed by atoms with E-state index in [1.807, 2.05) is 6.26 Å². The van der Waals surface area contributed by atoms with E-state index in [1.165, 1.54) is 4.90 Å². The number of aliphatic hydroxyl groups is 1. The van der Waals surface area contributed by atoms with E-state index in [0.29, 0.717) is 11.8 Å². The molecule has 3 atom stereocenters. The highest BCUT2D eigenvalue weighted by molar-refractivity contribution is 7.99. The fourth-order valence-corrected chi connectivity index (χ4v) is 2.23. The highest BCUT2D eigenvalue weighted by Crippen LogP contribution is 2.18. The number of amides is 2. The molecule has 0 radical (unpaired) electrons. The van der Waals surface area contributed by atoms with Gasteiger partial charge in [-0.25, -0.2) is 9.59 Å². The number of carbonyl (C=O) groups is 2. The summed E-state index contributed by atoms with van der Waals surface area (Å²) in [6.07, 6.45) is 2.19. The molecule has 2 amide bonds. The lowest BCUT2D eigenvalue weighted by atomic mass is 10.2. The van der Waals surface area contributed by atoms with Gasteiger partial charge in [0, 0.05) is 24.8 Å². The lowest BCUT2D eigenvalue weighted by Gasteiger charge is -2.21. The number of aliphatic carboxylic acids is 1. The molecule has 0 saturated carbocycles. The summed E-state index contributed by atoms with van der Waals surface area (Å²) in [4.78, 5) is 24.0. The van der Waals surface area contributed by atoms with Crippen molar-refractivity contribution in [2.45, 2.75) is 37.2 Å².